The highest BCUT2D eigenvalue weighted by atomic mass is 32.1. The second kappa shape index (κ2) is 8.20. The molecule has 0 saturated carbocycles. The Hall–Kier alpha value is -1.90. The minimum absolute atomic E-state index is 0.0246. The highest BCUT2D eigenvalue weighted by Crippen LogP contribution is 2.32. The number of thiazole rings is 1. The number of nitrogens with one attached hydrogen (secondary N) is 1. The van der Waals surface area contributed by atoms with Gasteiger partial charge >= 0.3 is 0 Å². The minimum atomic E-state index is -0.515. The number of rotatable bonds is 6. The lowest BCUT2D eigenvalue weighted by atomic mass is 9.94. The van der Waals surface area contributed by atoms with E-state index in [1.165, 1.54) is 9.71 Å². The minimum Gasteiger partial charge on any atom is -0.339 e. The first kappa shape index (κ1) is 18.9. The molecule has 5 heteroatoms. The standard InChI is InChI=1S/C21H27N3OS/c1-4-21(5-2,6-3)23-19(25)15-24-13-9-10-16(14-24)20-22-17-11-7-8-12-18(17)26-20/h1,7-8,11-12,16H,5-6,9-10,13-15H2,2-3H3,(H,23,25)/t16-/m1/s1. The molecule has 2 aromatic rings. The average molecular weight is 370 g/mol. The molecule has 1 amide bonds. The lowest BCUT2D eigenvalue weighted by Crippen LogP contribution is -2.51. The van der Waals surface area contributed by atoms with Crippen LogP contribution in [0.5, 0.6) is 0 Å². The summed E-state index contributed by atoms with van der Waals surface area (Å²) in [6, 6.07) is 8.28. The normalized spacial score (nSPS) is 18.6. The fraction of sp³-hybridized carbons (Fsp3) is 0.524. The third-order valence-electron chi connectivity index (χ3n) is 5.39. The van der Waals surface area contributed by atoms with Crippen molar-refractivity contribution in [3.8, 4) is 12.3 Å². The van der Waals surface area contributed by atoms with Crippen molar-refractivity contribution in [1.29, 1.82) is 0 Å². The molecule has 1 N–H and O–H groups in total. The monoisotopic (exact) mass is 369 g/mol. The van der Waals surface area contributed by atoms with Crippen molar-refractivity contribution in [2.24, 2.45) is 0 Å². The molecule has 2 heterocycles. The van der Waals surface area contributed by atoms with Gasteiger partial charge in [0.25, 0.3) is 0 Å². The summed E-state index contributed by atoms with van der Waals surface area (Å²) in [6.07, 6.45) is 9.39. The van der Waals surface area contributed by atoms with Crippen LogP contribution in [0.3, 0.4) is 0 Å². The summed E-state index contributed by atoms with van der Waals surface area (Å²) in [7, 11) is 0. The van der Waals surface area contributed by atoms with Crippen molar-refractivity contribution in [2.75, 3.05) is 19.6 Å². The molecule has 0 bridgehead atoms. The van der Waals surface area contributed by atoms with Crippen LogP contribution in [0.15, 0.2) is 24.3 Å². The second-order valence-corrected chi connectivity index (χ2v) is 8.14. The third kappa shape index (κ3) is 4.08. The van der Waals surface area contributed by atoms with Gasteiger partial charge in [0.1, 0.15) is 5.54 Å². The maximum absolute atomic E-state index is 12.5. The van der Waals surface area contributed by atoms with E-state index in [2.05, 4.69) is 34.3 Å². The summed E-state index contributed by atoms with van der Waals surface area (Å²) in [4.78, 5) is 19.6. The van der Waals surface area contributed by atoms with E-state index in [1.54, 1.807) is 11.3 Å². The van der Waals surface area contributed by atoms with E-state index < -0.39 is 5.54 Å². The van der Waals surface area contributed by atoms with Gasteiger partial charge in [0.2, 0.25) is 5.91 Å². The van der Waals surface area contributed by atoms with Gasteiger partial charge in [-0.2, -0.15) is 0 Å². The van der Waals surface area contributed by atoms with E-state index in [0.717, 1.165) is 44.3 Å². The molecule has 1 atom stereocenters. The number of fused-ring (bicyclic) bond motifs is 1. The van der Waals surface area contributed by atoms with Crippen molar-refractivity contribution in [2.45, 2.75) is 51.0 Å². The van der Waals surface area contributed by atoms with Crippen molar-refractivity contribution < 1.29 is 4.79 Å². The van der Waals surface area contributed by atoms with E-state index in [4.69, 9.17) is 11.4 Å². The zero-order chi connectivity index (χ0) is 18.6. The van der Waals surface area contributed by atoms with Crippen LogP contribution in [0.25, 0.3) is 10.2 Å². The van der Waals surface area contributed by atoms with Crippen LogP contribution in [0, 0.1) is 12.3 Å². The Labute approximate surface area is 160 Å². The van der Waals surface area contributed by atoms with Crippen LogP contribution in [0.2, 0.25) is 0 Å². The Balaban J connectivity index is 1.63. The van der Waals surface area contributed by atoms with E-state index in [9.17, 15) is 4.79 Å². The van der Waals surface area contributed by atoms with Crippen LogP contribution in [-0.2, 0) is 4.79 Å². The number of aromatic nitrogens is 1. The number of hydrogen-bond acceptors (Lipinski definition) is 4. The van der Waals surface area contributed by atoms with Crippen LogP contribution >= 0.6 is 11.3 Å². The molecular formula is C21H27N3OS. The molecule has 1 aliphatic rings. The number of terminal acetylenes is 1. The Kier molecular flexibility index (Phi) is 5.95. The molecule has 0 aliphatic carbocycles. The van der Waals surface area contributed by atoms with Crippen molar-refractivity contribution >= 4 is 27.5 Å². The van der Waals surface area contributed by atoms with Gasteiger partial charge in [-0.1, -0.05) is 31.9 Å². The predicted octanol–water partition coefficient (Wildman–Crippen LogP) is 3.78. The number of likely N-dealkylation sites (tertiary alicyclic amines) is 1. The molecule has 1 saturated heterocycles. The number of para-hydroxylation sites is 1. The fourth-order valence-corrected chi connectivity index (χ4v) is 4.74. The number of amides is 1. The zero-order valence-corrected chi connectivity index (χ0v) is 16.4. The van der Waals surface area contributed by atoms with Gasteiger partial charge in [-0.05, 0) is 44.4 Å². The van der Waals surface area contributed by atoms with E-state index >= 15 is 0 Å². The first-order valence-electron chi connectivity index (χ1n) is 9.45. The Bertz CT molecular complexity index is 770. The Morgan fingerprint density at radius 2 is 2.19 bits per heavy atom. The molecule has 1 fully saturated rings. The second-order valence-electron chi connectivity index (χ2n) is 7.08. The first-order chi connectivity index (χ1) is 12.6. The fourth-order valence-electron chi connectivity index (χ4n) is 3.64. The number of piperidine rings is 1. The van der Waals surface area contributed by atoms with E-state index in [-0.39, 0.29) is 5.91 Å². The predicted molar refractivity (Wildman–Crippen MR) is 108 cm³/mol. The SMILES string of the molecule is C#CC(CC)(CC)NC(=O)CN1CCC[C@@H](c2nc3ccccc3s2)C1. The molecule has 1 aliphatic heterocycles. The van der Waals surface area contributed by atoms with Gasteiger partial charge < -0.3 is 5.32 Å². The van der Waals surface area contributed by atoms with Gasteiger partial charge in [0.15, 0.2) is 0 Å². The Morgan fingerprint density at radius 3 is 2.88 bits per heavy atom. The van der Waals surface area contributed by atoms with Gasteiger partial charge in [0, 0.05) is 12.5 Å². The molecule has 0 radical (unpaired) electrons. The molecule has 0 unspecified atom stereocenters. The molecule has 4 nitrogen and oxygen atoms in total. The van der Waals surface area contributed by atoms with Crippen molar-refractivity contribution in [1.82, 2.24) is 15.2 Å². The third-order valence-corrected chi connectivity index (χ3v) is 6.59. The number of carbonyl (C=O) groups is 1. The van der Waals surface area contributed by atoms with Gasteiger partial charge in [-0.25, -0.2) is 4.98 Å². The molecular weight excluding hydrogens is 342 g/mol. The molecule has 1 aromatic carbocycles. The summed E-state index contributed by atoms with van der Waals surface area (Å²) in [5.41, 5.74) is 0.561. The van der Waals surface area contributed by atoms with Gasteiger partial charge in [-0.3, -0.25) is 9.69 Å². The smallest absolute Gasteiger partial charge is 0.235 e. The van der Waals surface area contributed by atoms with Gasteiger partial charge in [0.05, 0.1) is 21.8 Å². The topological polar surface area (TPSA) is 45.2 Å². The van der Waals surface area contributed by atoms with Crippen molar-refractivity contribution in [3.05, 3.63) is 29.3 Å². The van der Waals surface area contributed by atoms with Crippen molar-refractivity contribution in [3.63, 3.8) is 0 Å². The molecule has 3 rings (SSSR count). The summed E-state index contributed by atoms with van der Waals surface area (Å²) in [5.74, 6) is 3.20. The quantitative estimate of drug-likeness (QED) is 0.788. The van der Waals surface area contributed by atoms with Crippen LogP contribution < -0.4 is 5.32 Å². The molecule has 1 aromatic heterocycles. The number of benzene rings is 1. The van der Waals surface area contributed by atoms with Crippen LogP contribution in [-0.4, -0.2) is 41.0 Å². The van der Waals surface area contributed by atoms with E-state index in [0.29, 0.717) is 12.5 Å². The molecule has 138 valence electrons. The molecule has 26 heavy (non-hydrogen) atoms. The summed E-state index contributed by atoms with van der Waals surface area (Å²) in [6.45, 7) is 6.29. The highest BCUT2D eigenvalue weighted by Gasteiger charge is 2.29. The highest BCUT2D eigenvalue weighted by molar-refractivity contribution is 7.18. The van der Waals surface area contributed by atoms with Gasteiger partial charge in [-0.15, -0.1) is 17.8 Å². The summed E-state index contributed by atoms with van der Waals surface area (Å²) in [5, 5.41) is 4.26. The van der Waals surface area contributed by atoms with Crippen LogP contribution in [0.1, 0.15) is 50.5 Å². The summed E-state index contributed by atoms with van der Waals surface area (Å²) >= 11 is 1.78. The number of hydrogen-bond donors (Lipinski definition) is 1. The Morgan fingerprint density at radius 1 is 1.42 bits per heavy atom. The maximum atomic E-state index is 12.5. The molecule has 0 spiro atoms. The van der Waals surface area contributed by atoms with E-state index in [1.807, 2.05) is 19.9 Å². The zero-order valence-electron chi connectivity index (χ0n) is 15.6. The average Bonchev–Trinajstić information content (AvgIpc) is 3.11. The first-order valence-corrected chi connectivity index (χ1v) is 10.3. The lowest BCUT2D eigenvalue weighted by Gasteiger charge is -2.33. The largest absolute Gasteiger partial charge is 0.339 e. The summed E-state index contributed by atoms with van der Waals surface area (Å²) < 4.78 is 1.24. The number of nitrogens with zero attached hydrogens (tertiary/aromatic N) is 2. The maximum Gasteiger partial charge on any atom is 0.235 e. The number of carbonyl (C=O) groups excluding carboxylic acids is 1. The van der Waals surface area contributed by atoms with Crippen LogP contribution in [0.4, 0.5) is 0 Å². The lowest BCUT2D eigenvalue weighted by molar-refractivity contribution is -0.124.